The Bertz CT molecular complexity index is 391. The van der Waals surface area contributed by atoms with Crippen LogP contribution in [0.5, 0.6) is 0 Å². The van der Waals surface area contributed by atoms with Crippen LogP contribution in [0, 0.1) is 0 Å². The SMILES string of the molecule is CSCCC(N)C(=O)O.NC(=O)NC1NC(=O)NC1=O. The highest BCUT2D eigenvalue weighted by Gasteiger charge is 2.29. The molecule has 0 saturated carbocycles. The molecule has 1 fully saturated rings. The first-order valence-electron chi connectivity index (χ1n) is 5.42. The maximum absolute atomic E-state index is 10.7. The maximum Gasteiger partial charge on any atom is 0.323 e. The molecule has 0 aliphatic carbocycles. The number of carbonyl (C=O) groups excluding carboxylic acids is 3. The summed E-state index contributed by atoms with van der Waals surface area (Å²) in [6.45, 7) is 0. The van der Waals surface area contributed by atoms with Crippen LogP contribution in [0.4, 0.5) is 9.59 Å². The number of rotatable bonds is 5. The van der Waals surface area contributed by atoms with E-state index in [-0.39, 0.29) is 0 Å². The van der Waals surface area contributed by atoms with Crippen LogP contribution in [0.15, 0.2) is 0 Å². The van der Waals surface area contributed by atoms with Crippen LogP contribution in [-0.2, 0) is 9.59 Å². The fourth-order valence-electron chi connectivity index (χ4n) is 1.03. The summed E-state index contributed by atoms with van der Waals surface area (Å²) in [6.07, 6.45) is 1.44. The molecule has 0 spiro atoms. The second-order valence-corrected chi connectivity index (χ2v) is 4.62. The number of carboxylic acid groups (broad SMARTS) is 1. The number of urea groups is 2. The molecule has 8 N–H and O–H groups in total. The average Bonchev–Trinajstić information content (AvgIpc) is 2.64. The molecule has 10 nitrogen and oxygen atoms in total. The molecule has 5 amide bonds. The number of aliphatic carboxylic acids is 1. The summed E-state index contributed by atoms with van der Waals surface area (Å²) in [6, 6.07) is -2.20. The van der Waals surface area contributed by atoms with E-state index in [0.717, 1.165) is 5.75 Å². The lowest BCUT2D eigenvalue weighted by Gasteiger charge is -2.05. The lowest BCUT2D eigenvalue weighted by atomic mass is 10.2. The summed E-state index contributed by atoms with van der Waals surface area (Å²) >= 11 is 1.60. The van der Waals surface area contributed by atoms with Crippen LogP contribution in [-0.4, -0.2) is 53.3 Å². The molecule has 0 bridgehead atoms. The third-order valence-electron chi connectivity index (χ3n) is 2.01. The second kappa shape index (κ2) is 8.98. The zero-order valence-corrected chi connectivity index (χ0v) is 11.5. The van der Waals surface area contributed by atoms with Crippen LogP contribution in [0.1, 0.15) is 6.42 Å². The number of hydrogen-bond acceptors (Lipinski definition) is 6. The van der Waals surface area contributed by atoms with Gasteiger partial charge in [0.15, 0.2) is 6.17 Å². The summed E-state index contributed by atoms with van der Waals surface area (Å²) < 4.78 is 0. The molecule has 114 valence electrons. The van der Waals surface area contributed by atoms with Crippen molar-refractivity contribution in [2.45, 2.75) is 18.6 Å². The van der Waals surface area contributed by atoms with Crippen LogP contribution in [0.2, 0.25) is 0 Å². The summed E-state index contributed by atoms with van der Waals surface area (Å²) in [7, 11) is 0. The molecule has 1 aliphatic heterocycles. The Hall–Kier alpha value is -2.01. The van der Waals surface area contributed by atoms with Gasteiger partial charge in [0.25, 0.3) is 5.91 Å². The highest BCUT2D eigenvalue weighted by molar-refractivity contribution is 7.98. The van der Waals surface area contributed by atoms with E-state index in [9.17, 15) is 19.2 Å². The third-order valence-corrected chi connectivity index (χ3v) is 2.66. The zero-order chi connectivity index (χ0) is 15.7. The topological polar surface area (TPSA) is 177 Å². The number of nitrogens with one attached hydrogen (secondary N) is 3. The lowest BCUT2D eigenvalue weighted by molar-refractivity contribution is -0.138. The van der Waals surface area contributed by atoms with Crippen molar-refractivity contribution in [1.82, 2.24) is 16.0 Å². The van der Waals surface area contributed by atoms with Crippen molar-refractivity contribution in [2.75, 3.05) is 12.0 Å². The van der Waals surface area contributed by atoms with E-state index in [2.05, 4.69) is 5.32 Å². The van der Waals surface area contributed by atoms with Crippen molar-refractivity contribution in [2.24, 2.45) is 11.5 Å². The van der Waals surface area contributed by atoms with Crippen molar-refractivity contribution < 1.29 is 24.3 Å². The molecular weight excluding hydrogens is 290 g/mol. The van der Waals surface area contributed by atoms with Gasteiger partial charge >= 0.3 is 18.0 Å². The molecule has 1 aliphatic rings. The highest BCUT2D eigenvalue weighted by Crippen LogP contribution is 1.97. The first-order chi connectivity index (χ1) is 9.27. The third kappa shape index (κ3) is 7.43. The molecule has 20 heavy (non-hydrogen) atoms. The highest BCUT2D eigenvalue weighted by atomic mass is 32.2. The normalized spacial score (nSPS) is 18.2. The first-order valence-corrected chi connectivity index (χ1v) is 6.82. The van der Waals surface area contributed by atoms with Gasteiger partial charge in [-0.3, -0.25) is 14.9 Å². The van der Waals surface area contributed by atoms with Gasteiger partial charge in [0.2, 0.25) is 0 Å². The van der Waals surface area contributed by atoms with Crippen molar-refractivity contribution >= 4 is 35.7 Å². The van der Waals surface area contributed by atoms with Gasteiger partial charge in [0, 0.05) is 0 Å². The molecule has 2 atom stereocenters. The molecule has 11 heteroatoms. The Labute approximate surface area is 119 Å². The Balaban J connectivity index is 0.000000370. The van der Waals surface area contributed by atoms with E-state index in [1.165, 1.54) is 0 Å². The maximum atomic E-state index is 10.7. The number of nitrogens with two attached hydrogens (primary N) is 2. The van der Waals surface area contributed by atoms with E-state index < -0.39 is 36.1 Å². The van der Waals surface area contributed by atoms with Crippen LogP contribution in [0.3, 0.4) is 0 Å². The first kappa shape index (κ1) is 18.0. The van der Waals surface area contributed by atoms with Crippen LogP contribution < -0.4 is 27.4 Å². The minimum Gasteiger partial charge on any atom is -0.480 e. The van der Waals surface area contributed by atoms with Gasteiger partial charge < -0.3 is 27.2 Å². The lowest BCUT2D eigenvalue weighted by Crippen LogP contribution is -2.48. The van der Waals surface area contributed by atoms with Crippen molar-refractivity contribution in [3.05, 3.63) is 0 Å². The van der Waals surface area contributed by atoms with E-state index >= 15 is 0 Å². The molecule has 0 radical (unpaired) electrons. The predicted octanol–water partition coefficient (Wildman–Crippen LogP) is -2.03. The monoisotopic (exact) mass is 307 g/mol. The van der Waals surface area contributed by atoms with E-state index in [4.69, 9.17) is 16.6 Å². The summed E-state index contributed by atoms with van der Waals surface area (Å²) in [5.74, 6) is -0.717. The van der Waals surface area contributed by atoms with E-state index in [0.29, 0.717) is 6.42 Å². The van der Waals surface area contributed by atoms with Gasteiger partial charge in [-0.05, 0) is 18.4 Å². The minimum atomic E-state index is -1.04. The van der Waals surface area contributed by atoms with Gasteiger partial charge in [-0.15, -0.1) is 0 Å². The van der Waals surface area contributed by atoms with Crippen molar-refractivity contribution in [3.63, 3.8) is 0 Å². The van der Waals surface area contributed by atoms with Gasteiger partial charge in [0.1, 0.15) is 6.04 Å². The Kier molecular flexibility index (Phi) is 8.08. The Morgan fingerprint density at radius 3 is 2.45 bits per heavy atom. The van der Waals surface area contributed by atoms with Crippen LogP contribution >= 0.6 is 11.8 Å². The Morgan fingerprint density at radius 1 is 1.50 bits per heavy atom. The number of amides is 5. The number of thioether (sulfide) groups is 1. The standard InChI is InChI=1S/C5H11NO2S.C4H6N4O3/c1-9-3-2-4(6)5(7)8;5-3(10)6-1-2(9)8-4(11)7-1/h4H,2-3,6H2,1H3,(H,7,8);1H,(H3,5,6,10)(H2,7,8,9,11). The predicted molar refractivity (Wildman–Crippen MR) is 71.8 cm³/mol. The molecule has 1 saturated heterocycles. The molecular formula is C9H17N5O5S. The molecule has 0 aromatic rings. The van der Waals surface area contributed by atoms with E-state index in [1.54, 1.807) is 11.8 Å². The van der Waals surface area contributed by atoms with Gasteiger partial charge in [-0.1, -0.05) is 0 Å². The van der Waals surface area contributed by atoms with Gasteiger partial charge in [-0.2, -0.15) is 11.8 Å². The van der Waals surface area contributed by atoms with Gasteiger partial charge in [-0.25, -0.2) is 9.59 Å². The number of carbonyl (C=O) groups is 4. The summed E-state index contributed by atoms with van der Waals surface area (Å²) in [5, 5.41) is 14.3. The van der Waals surface area contributed by atoms with Crippen molar-refractivity contribution in [3.8, 4) is 0 Å². The van der Waals surface area contributed by atoms with Gasteiger partial charge in [0.05, 0.1) is 0 Å². The smallest absolute Gasteiger partial charge is 0.323 e. The molecule has 2 unspecified atom stereocenters. The average molecular weight is 307 g/mol. The summed E-state index contributed by atoms with van der Waals surface area (Å²) in [4.78, 5) is 41.3. The number of imide groups is 1. The molecule has 1 heterocycles. The molecule has 0 aromatic carbocycles. The number of primary amides is 1. The van der Waals surface area contributed by atoms with Crippen LogP contribution in [0.25, 0.3) is 0 Å². The molecule has 0 aromatic heterocycles. The zero-order valence-electron chi connectivity index (χ0n) is 10.7. The summed E-state index contributed by atoms with van der Waals surface area (Å²) in [5.41, 5.74) is 9.89. The number of hydrogen-bond donors (Lipinski definition) is 6. The fraction of sp³-hybridized carbons (Fsp3) is 0.556. The largest absolute Gasteiger partial charge is 0.480 e. The van der Waals surface area contributed by atoms with E-state index in [1.807, 2.05) is 16.9 Å². The number of carboxylic acids is 1. The quantitative estimate of drug-likeness (QED) is 0.317. The minimum absolute atomic E-state index is 0.552. The Morgan fingerprint density at radius 2 is 2.10 bits per heavy atom. The molecule has 1 rings (SSSR count). The van der Waals surface area contributed by atoms with Crippen molar-refractivity contribution in [1.29, 1.82) is 0 Å². The fourth-order valence-corrected chi connectivity index (χ4v) is 1.52. The second-order valence-electron chi connectivity index (χ2n) is 3.63.